The first-order valence-electron chi connectivity index (χ1n) is 7.84. The van der Waals surface area contributed by atoms with Crippen LogP contribution in [0.25, 0.3) is 11.0 Å². The molecule has 0 radical (unpaired) electrons. The minimum Gasteiger partial charge on any atom is -0.379 e. The fraction of sp³-hybridized carbons (Fsp3) is 0.400. The zero-order chi connectivity index (χ0) is 16.4. The first-order chi connectivity index (χ1) is 11.8. The fourth-order valence-electron chi connectivity index (χ4n) is 2.90. The number of ether oxygens (including phenoxy) is 1. The normalized spacial score (nSPS) is 17.2. The van der Waals surface area contributed by atoms with Crippen LogP contribution in [-0.4, -0.2) is 57.9 Å². The molecule has 1 saturated heterocycles. The molecule has 24 heavy (non-hydrogen) atoms. The molecule has 3 aromatic rings. The highest BCUT2D eigenvalue weighted by Crippen LogP contribution is 2.26. The van der Waals surface area contributed by atoms with Gasteiger partial charge in [-0.15, -0.1) is 11.3 Å². The Labute approximate surface area is 141 Å². The lowest BCUT2D eigenvalue weighted by Crippen LogP contribution is -2.41. The van der Waals surface area contributed by atoms with E-state index in [0.29, 0.717) is 23.5 Å². The molecule has 0 saturated carbocycles. The van der Waals surface area contributed by atoms with Crippen molar-refractivity contribution in [2.75, 3.05) is 38.2 Å². The minimum atomic E-state index is -0.199. The van der Waals surface area contributed by atoms with E-state index in [0.717, 1.165) is 26.3 Å². The molecule has 0 amide bonds. The van der Waals surface area contributed by atoms with Crippen molar-refractivity contribution in [2.45, 2.75) is 6.04 Å². The highest BCUT2D eigenvalue weighted by Gasteiger charge is 2.23. The molecule has 0 bridgehead atoms. The van der Waals surface area contributed by atoms with Crippen LogP contribution in [0.2, 0.25) is 0 Å². The van der Waals surface area contributed by atoms with Crippen molar-refractivity contribution in [1.82, 2.24) is 25.1 Å². The van der Waals surface area contributed by atoms with Crippen molar-refractivity contribution in [2.24, 2.45) is 0 Å². The molecule has 3 aromatic heterocycles. The smallest absolute Gasteiger partial charge is 0.263 e. The van der Waals surface area contributed by atoms with Crippen LogP contribution in [0.3, 0.4) is 0 Å². The molecule has 8 nitrogen and oxygen atoms in total. The van der Waals surface area contributed by atoms with Crippen molar-refractivity contribution in [3.63, 3.8) is 0 Å². The van der Waals surface area contributed by atoms with Crippen molar-refractivity contribution >= 4 is 28.3 Å². The third-order valence-corrected chi connectivity index (χ3v) is 5.11. The Hall–Kier alpha value is -2.23. The first kappa shape index (κ1) is 15.3. The predicted octanol–water partition coefficient (Wildman–Crippen LogP) is 1.19. The van der Waals surface area contributed by atoms with Crippen LogP contribution in [0.1, 0.15) is 10.9 Å². The number of hydrogen-bond donors (Lipinski definition) is 3. The average Bonchev–Trinajstić information content (AvgIpc) is 3.28. The van der Waals surface area contributed by atoms with Gasteiger partial charge in [-0.3, -0.25) is 19.8 Å². The molecule has 0 aromatic carbocycles. The molecule has 1 fully saturated rings. The summed E-state index contributed by atoms with van der Waals surface area (Å²) in [6, 6.07) is 4.42. The number of thiophene rings is 1. The maximum absolute atomic E-state index is 12.0. The van der Waals surface area contributed by atoms with Gasteiger partial charge in [-0.1, -0.05) is 6.07 Å². The van der Waals surface area contributed by atoms with Gasteiger partial charge in [-0.25, -0.2) is 0 Å². The minimum absolute atomic E-state index is 0.199. The van der Waals surface area contributed by atoms with E-state index >= 15 is 0 Å². The monoisotopic (exact) mass is 346 g/mol. The molecular weight excluding hydrogens is 328 g/mol. The third kappa shape index (κ3) is 3.05. The Kier molecular flexibility index (Phi) is 4.28. The van der Waals surface area contributed by atoms with Crippen molar-refractivity contribution < 1.29 is 4.74 Å². The lowest BCUT2D eigenvalue weighted by molar-refractivity contribution is 0.0193. The Bertz CT molecular complexity index is 852. The summed E-state index contributed by atoms with van der Waals surface area (Å²) in [6.45, 7) is 3.94. The Balaban J connectivity index is 1.54. The zero-order valence-electron chi connectivity index (χ0n) is 13.0. The standard InChI is InChI=1S/C15H18N6O2S/c22-14-10-8-17-20-13(10)18-15(19-14)16-9-11(12-2-1-7-24-12)21-3-5-23-6-4-21/h1-2,7-8,11H,3-6,9H2,(H3,16,17,18,19,20,22). The number of rotatable bonds is 5. The second-order valence-corrected chi connectivity index (χ2v) is 6.59. The van der Waals surface area contributed by atoms with Crippen LogP contribution >= 0.6 is 11.3 Å². The van der Waals surface area contributed by atoms with Crippen LogP contribution in [0.4, 0.5) is 5.95 Å². The molecule has 4 heterocycles. The highest BCUT2D eigenvalue weighted by atomic mass is 32.1. The molecule has 1 aliphatic heterocycles. The number of aromatic amines is 2. The van der Waals surface area contributed by atoms with E-state index in [4.69, 9.17) is 4.74 Å². The summed E-state index contributed by atoms with van der Waals surface area (Å²) in [5.41, 5.74) is 0.288. The van der Waals surface area contributed by atoms with Crippen molar-refractivity contribution in [1.29, 1.82) is 0 Å². The molecule has 1 unspecified atom stereocenters. The van der Waals surface area contributed by atoms with E-state index in [9.17, 15) is 4.79 Å². The van der Waals surface area contributed by atoms with Gasteiger partial charge in [0.15, 0.2) is 5.65 Å². The number of morpholine rings is 1. The fourth-order valence-corrected chi connectivity index (χ4v) is 3.76. The predicted molar refractivity (Wildman–Crippen MR) is 92.5 cm³/mol. The van der Waals surface area contributed by atoms with Crippen molar-refractivity contribution in [3.05, 3.63) is 38.9 Å². The number of aromatic nitrogens is 4. The van der Waals surface area contributed by atoms with Crippen LogP contribution in [-0.2, 0) is 4.74 Å². The topological polar surface area (TPSA) is 98.9 Å². The van der Waals surface area contributed by atoms with Gasteiger partial charge in [0.05, 0.1) is 25.5 Å². The maximum Gasteiger partial charge on any atom is 0.263 e. The molecule has 1 atom stereocenters. The third-order valence-electron chi connectivity index (χ3n) is 4.14. The van der Waals surface area contributed by atoms with Gasteiger partial charge in [-0.05, 0) is 11.4 Å². The zero-order valence-corrected chi connectivity index (χ0v) is 13.8. The summed E-state index contributed by atoms with van der Waals surface area (Å²) in [5.74, 6) is 0.451. The van der Waals surface area contributed by atoms with E-state index in [1.807, 2.05) is 0 Å². The molecule has 0 spiro atoms. The molecule has 3 N–H and O–H groups in total. The summed E-state index contributed by atoms with van der Waals surface area (Å²) >= 11 is 1.74. The Morgan fingerprint density at radius 3 is 3.08 bits per heavy atom. The van der Waals surface area contributed by atoms with E-state index in [2.05, 4.69) is 47.9 Å². The van der Waals surface area contributed by atoms with Crippen LogP contribution < -0.4 is 10.9 Å². The highest BCUT2D eigenvalue weighted by molar-refractivity contribution is 7.10. The van der Waals surface area contributed by atoms with E-state index < -0.39 is 0 Å². The molecule has 1 aliphatic rings. The molecule has 9 heteroatoms. The Morgan fingerprint density at radius 2 is 2.29 bits per heavy atom. The number of nitrogens with one attached hydrogen (secondary N) is 3. The number of hydrogen-bond acceptors (Lipinski definition) is 7. The first-order valence-corrected chi connectivity index (χ1v) is 8.72. The second kappa shape index (κ2) is 6.71. The second-order valence-electron chi connectivity index (χ2n) is 5.61. The lowest BCUT2D eigenvalue weighted by atomic mass is 10.2. The van der Waals surface area contributed by atoms with E-state index in [1.54, 1.807) is 11.3 Å². The van der Waals surface area contributed by atoms with Crippen LogP contribution in [0.15, 0.2) is 28.5 Å². The molecular formula is C15H18N6O2S. The number of anilines is 1. The summed E-state index contributed by atoms with van der Waals surface area (Å²) in [7, 11) is 0. The van der Waals surface area contributed by atoms with Crippen LogP contribution in [0.5, 0.6) is 0 Å². The summed E-state index contributed by atoms with van der Waals surface area (Å²) in [5, 5.41) is 12.4. The SMILES string of the molecule is O=c1[nH]c(NCC(c2cccs2)N2CCOCC2)nc2[nH]ncc12. The quantitative estimate of drug-likeness (QED) is 0.642. The van der Waals surface area contributed by atoms with Gasteiger partial charge >= 0.3 is 0 Å². The van der Waals surface area contributed by atoms with Gasteiger partial charge < -0.3 is 10.1 Å². The number of fused-ring (bicyclic) bond motifs is 1. The average molecular weight is 346 g/mol. The largest absolute Gasteiger partial charge is 0.379 e. The number of H-pyrrole nitrogens is 2. The Morgan fingerprint density at radius 1 is 1.42 bits per heavy atom. The van der Waals surface area contributed by atoms with E-state index in [-0.39, 0.29) is 11.6 Å². The number of nitrogens with zero attached hydrogens (tertiary/aromatic N) is 3. The van der Waals surface area contributed by atoms with Gasteiger partial charge in [-0.2, -0.15) is 10.1 Å². The molecule has 4 rings (SSSR count). The van der Waals surface area contributed by atoms with Crippen LogP contribution in [0, 0.1) is 0 Å². The van der Waals surface area contributed by atoms with E-state index in [1.165, 1.54) is 11.1 Å². The maximum atomic E-state index is 12.0. The van der Waals surface area contributed by atoms with Gasteiger partial charge in [0.25, 0.3) is 5.56 Å². The molecule has 126 valence electrons. The summed E-state index contributed by atoms with van der Waals surface area (Å²) < 4.78 is 5.46. The van der Waals surface area contributed by atoms with Gasteiger partial charge in [0.2, 0.25) is 5.95 Å². The lowest BCUT2D eigenvalue weighted by Gasteiger charge is -2.34. The summed E-state index contributed by atoms with van der Waals surface area (Å²) in [6.07, 6.45) is 1.48. The summed E-state index contributed by atoms with van der Waals surface area (Å²) in [4.78, 5) is 22.8. The van der Waals surface area contributed by atoms with Crippen molar-refractivity contribution in [3.8, 4) is 0 Å². The molecule has 0 aliphatic carbocycles. The van der Waals surface area contributed by atoms with Gasteiger partial charge in [0.1, 0.15) is 5.39 Å². The van der Waals surface area contributed by atoms with Gasteiger partial charge in [0, 0.05) is 24.5 Å².